The molecular formula is C10H17NO2. The minimum absolute atomic E-state index is 0.444. The molecule has 74 valence electrons. The summed E-state index contributed by atoms with van der Waals surface area (Å²) >= 11 is 0. The number of likely N-dealkylation sites (tertiary alicyclic amines) is 1. The van der Waals surface area contributed by atoms with Crippen LogP contribution in [0, 0.1) is 0 Å². The molecule has 0 aromatic carbocycles. The molecule has 1 N–H and O–H groups in total. The summed E-state index contributed by atoms with van der Waals surface area (Å²) in [4.78, 5) is 12.8. The molecule has 0 saturated carbocycles. The fourth-order valence-corrected chi connectivity index (χ4v) is 1.61. The number of nitrogens with zero attached hydrogens (tertiary/aromatic N) is 1. The Balaban J connectivity index is 2.41. The zero-order chi connectivity index (χ0) is 9.84. The number of aliphatic carboxylic acids is 1. The van der Waals surface area contributed by atoms with E-state index in [2.05, 4.69) is 11.8 Å². The summed E-state index contributed by atoms with van der Waals surface area (Å²) in [5, 5.41) is 8.64. The lowest BCUT2D eigenvalue weighted by atomic mass is 10.2. The van der Waals surface area contributed by atoms with Crippen LogP contribution in [-0.4, -0.2) is 35.1 Å². The van der Waals surface area contributed by atoms with E-state index >= 15 is 0 Å². The maximum Gasteiger partial charge on any atom is 0.330 e. The predicted molar refractivity (Wildman–Crippen MR) is 51.7 cm³/mol. The molecule has 1 unspecified atom stereocenters. The quantitative estimate of drug-likeness (QED) is 0.674. The van der Waals surface area contributed by atoms with E-state index < -0.39 is 5.97 Å². The first-order valence-electron chi connectivity index (χ1n) is 4.75. The number of carboxylic acid groups (broad SMARTS) is 1. The largest absolute Gasteiger partial charge is 0.478 e. The van der Waals surface area contributed by atoms with Crippen LogP contribution < -0.4 is 0 Å². The average Bonchev–Trinajstić information content (AvgIpc) is 2.47. The highest BCUT2D eigenvalue weighted by atomic mass is 16.4. The van der Waals surface area contributed by atoms with E-state index in [9.17, 15) is 4.79 Å². The Bertz CT molecular complexity index is 223. The van der Waals surface area contributed by atoms with Gasteiger partial charge in [-0.3, -0.25) is 4.90 Å². The van der Waals surface area contributed by atoms with Crippen molar-refractivity contribution < 1.29 is 9.90 Å². The van der Waals surface area contributed by atoms with Crippen LogP contribution in [0.4, 0.5) is 0 Å². The topological polar surface area (TPSA) is 40.5 Å². The van der Waals surface area contributed by atoms with Gasteiger partial charge in [-0.15, -0.1) is 0 Å². The molecule has 0 aromatic rings. The summed E-state index contributed by atoms with van der Waals surface area (Å²) in [5.41, 5.74) is 0.444. The Labute approximate surface area is 79.0 Å². The molecule has 1 aliphatic heterocycles. The SMILES string of the molecule is C/C(=C\CN1CCCC1C)C(=O)O. The molecule has 3 nitrogen and oxygen atoms in total. The molecule has 1 aliphatic rings. The highest BCUT2D eigenvalue weighted by molar-refractivity contribution is 5.85. The van der Waals surface area contributed by atoms with Crippen LogP contribution in [-0.2, 0) is 4.79 Å². The highest BCUT2D eigenvalue weighted by Gasteiger charge is 2.18. The zero-order valence-electron chi connectivity index (χ0n) is 8.29. The lowest BCUT2D eigenvalue weighted by molar-refractivity contribution is -0.132. The third kappa shape index (κ3) is 2.84. The molecule has 0 radical (unpaired) electrons. The third-order valence-electron chi connectivity index (χ3n) is 2.66. The molecule has 0 amide bonds. The van der Waals surface area contributed by atoms with E-state index in [0.717, 1.165) is 13.1 Å². The molecule has 1 heterocycles. The Morgan fingerprint density at radius 1 is 1.69 bits per heavy atom. The van der Waals surface area contributed by atoms with Gasteiger partial charge in [-0.25, -0.2) is 4.79 Å². The van der Waals surface area contributed by atoms with E-state index in [1.54, 1.807) is 13.0 Å². The van der Waals surface area contributed by atoms with Crippen LogP contribution in [0.3, 0.4) is 0 Å². The highest BCUT2D eigenvalue weighted by Crippen LogP contribution is 2.15. The van der Waals surface area contributed by atoms with Crippen molar-refractivity contribution in [3.05, 3.63) is 11.6 Å². The average molecular weight is 183 g/mol. The molecular weight excluding hydrogens is 166 g/mol. The van der Waals surface area contributed by atoms with Gasteiger partial charge in [-0.2, -0.15) is 0 Å². The monoisotopic (exact) mass is 183 g/mol. The maximum absolute atomic E-state index is 10.5. The minimum atomic E-state index is -0.813. The molecule has 0 spiro atoms. The van der Waals surface area contributed by atoms with Gasteiger partial charge >= 0.3 is 5.97 Å². The lowest BCUT2D eigenvalue weighted by Crippen LogP contribution is -2.27. The van der Waals surface area contributed by atoms with Crippen molar-refractivity contribution in [1.82, 2.24) is 4.90 Å². The van der Waals surface area contributed by atoms with Crippen molar-refractivity contribution in [3.63, 3.8) is 0 Å². The van der Waals surface area contributed by atoms with Crippen LogP contribution in [0.15, 0.2) is 11.6 Å². The first-order chi connectivity index (χ1) is 6.11. The first kappa shape index (κ1) is 10.3. The van der Waals surface area contributed by atoms with Gasteiger partial charge in [0.15, 0.2) is 0 Å². The molecule has 0 bridgehead atoms. The van der Waals surface area contributed by atoms with Crippen molar-refractivity contribution in [3.8, 4) is 0 Å². The van der Waals surface area contributed by atoms with Gasteiger partial charge in [0.1, 0.15) is 0 Å². The molecule has 1 fully saturated rings. The zero-order valence-corrected chi connectivity index (χ0v) is 8.29. The third-order valence-corrected chi connectivity index (χ3v) is 2.66. The van der Waals surface area contributed by atoms with Gasteiger partial charge in [0.25, 0.3) is 0 Å². The predicted octanol–water partition coefficient (Wildman–Crippen LogP) is 1.50. The van der Waals surface area contributed by atoms with E-state index in [1.165, 1.54) is 12.8 Å². The van der Waals surface area contributed by atoms with Gasteiger partial charge in [0.2, 0.25) is 0 Å². The van der Waals surface area contributed by atoms with Crippen LogP contribution >= 0.6 is 0 Å². The summed E-state index contributed by atoms with van der Waals surface area (Å²) in [6, 6.07) is 0.609. The van der Waals surface area contributed by atoms with E-state index in [-0.39, 0.29) is 0 Å². The number of hydrogen-bond donors (Lipinski definition) is 1. The fraction of sp³-hybridized carbons (Fsp3) is 0.700. The van der Waals surface area contributed by atoms with E-state index in [0.29, 0.717) is 11.6 Å². The van der Waals surface area contributed by atoms with Crippen molar-refractivity contribution in [1.29, 1.82) is 0 Å². The van der Waals surface area contributed by atoms with Gasteiger partial charge in [-0.1, -0.05) is 6.08 Å². The van der Waals surface area contributed by atoms with Crippen molar-refractivity contribution in [2.24, 2.45) is 0 Å². The van der Waals surface area contributed by atoms with Crippen LogP contribution in [0.5, 0.6) is 0 Å². The van der Waals surface area contributed by atoms with Crippen molar-refractivity contribution in [2.75, 3.05) is 13.1 Å². The standard InChI is InChI=1S/C10H17NO2/c1-8(10(12)13)5-7-11-6-3-4-9(11)2/h5,9H,3-4,6-7H2,1-2H3,(H,12,13)/b8-5+. The Morgan fingerprint density at radius 3 is 2.85 bits per heavy atom. The Morgan fingerprint density at radius 2 is 2.38 bits per heavy atom. The van der Waals surface area contributed by atoms with Gasteiger partial charge in [0, 0.05) is 18.2 Å². The van der Waals surface area contributed by atoms with Gasteiger partial charge in [0.05, 0.1) is 0 Å². The van der Waals surface area contributed by atoms with Crippen molar-refractivity contribution in [2.45, 2.75) is 32.7 Å². The molecule has 1 rings (SSSR count). The molecule has 1 atom stereocenters. The number of carboxylic acids is 1. The summed E-state index contributed by atoms with van der Waals surface area (Å²) < 4.78 is 0. The van der Waals surface area contributed by atoms with Gasteiger partial charge in [-0.05, 0) is 33.2 Å². The first-order valence-corrected chi connectivity index (χ1v) is 4.75. The van der Waals surface area contributed by atoms with Crippen LogP contribution in [0.2, 0.25) is 0 Å². The number of rotatable bonds is 3. The Hall–Kier alpha value is -0.830. The molecule has 1 saturated heterocycles. The normalized spacial score (nSPS) is 25.1. The summed E-state index contributed by atoms with van der Waals surface area (Å²) in [7, 11) is 0. The fourth-order valence-electron chi connectivity index (χ4n) is 1.61. The number of hydrogen-bond acceptors (Lipinski definition) is 2. The summed E-state index contributed by atoms with van der Waals surface area (Å²) in [6.45, 7) is 5.71. The second-order valence-corrected chi connectivity index (χ2v) is 3.68. The molecule has 13 heavy (non-hydrogen) atoms. The van der Waals surface area contributed by atoms with Crippen LogP contribution in [0.25, 0.3) is 0 Å². The second kappa shape index (κ2) is 4.42. The van der Waals surface area contributed by atoms with Gasteiger partial charge < -0.3 is 5.11 Å². The number of carbonyl (C=O) groups is 1. The smallest absolute Gasteiger partial charge is 0.330 e. The second-order valence-electron chi connectivity index (χ2n) is 3.68. The summed E-state index contributed by atoms with van der Waals surface area (Å²) in [5.74, 6) is -0.813. The maximum atomic E-state index is 10.5. The molecule has 0 aromatic heterocycles. The Kier molecular flexibility index (Phi) is 3.48. The summed E-state index contributed by atoms with van der Waals surface area (Å²) in [6.07, 6.45) is 4.27. The molecule has 3 heteroatoms. The van der Waals surface area contributed by atoms with E-state index in [4.69, 9.17) is 5.11 Å². The van der Waals surface area contributed by atoms with Crippen molar-refractivity contribution >= 4 is 5.97 Å². The molecule has 0 aliphatic carbocycles. The van der Waals surface area contributed by atoms with Crippen LogP contribution in [0.1, 0.15) is 26.7 Å². The lowest BCUT2D eigenvalue weighted by Gasteiger charge is -2.18. The van der Waals surface area contributed by atoms with E-state index in [1.807, 2.05) is 0 Å². The minimum Gasteiger partial charge on any atom is -0.478 e.